The molecule has 0 radical (unpaired) electrons. The zero-order valence-electron chi connectivity index (χ0n) is 11.8. The van der Waals surface area contributed by atoms with Crippen LogP contribution in [-0.2, 0) is 11.3 Å². The third-order valence-electron chi connectivity index (χ3n) is 3.74. The van der Waals surface area contributed by atoms with Crippen molar-refractivity contribution in [2.24, 2.45) is 5.92 Å². The molecule has 4 nitrogen and oxygen atoms in total. The molecule has 0 spiro atoms. The normalized spacial score (nSPS) is 14.1. The molecule has 114 valence electrons. The van der Waals surface area contributed by atoms with Crippen LogP contribution >= 0.6 is 23.2 Å². The highest BCUT2D eigenvalue weighted by atomic mass is 35.5. The van der Waals surface area contributed by atoms with E-state index >= 15 is 0 Å². The summed E-state index contributed by atoms with van der Waals surface area (Å²) in [6, 6.07) is 5.01. The second-order valence-electron chi connectivity index (χ2n) is 5.43. The maximum absolute atomic E-state index is 12.4. The highest BCUT2D eigenvalue weighted by Crippen LogP contribution is 2.33. The van der Waals surface area contributed by atoms with Gasteiger partial charge in [0.15, 0.2) is 5.78 Å². The molecule has 2 aromatic rings. The molecule has 0 bridgehead atoms. The van der Waals surface area contributed by atoms with Gasteiger partial charge < -0.3 is 0 Å². The Hall–Kier alpha value is -1.65. The number of halogens is 2. The van der Waals surface area contributed by atoms with E-state index in [-0.39, 0.29) is 23.9 Å². The molecule has 1 aromatic heterocycles. The van der Waals surface area contributed by atoms with Gasteiger partial charge in [0, 0.05) is 29.4 Å². The molecule has 3 rings (SSSR count). The number of rotatable bonds is 6. The number of ketones is 2. The third kappa shape index (κ3) is 3.23. The highest BCUT2D eigenvalue weighted by Gasteiger charge is 2.31. The molecule has 1 fully saturated rings. The largest absolute Gasteiger partial charge is 0.299 e. The fourth-order valence-electron chi connectivity index (χ4n) is 2.37. The van der Waals surface area contributed by atoms with Crippen LogP contribution in [-0.4, -0.2) is 21.3 Å². The van der Waals surface area contributed by atoms with E-state index in [0.717, 1.165) is 12.8 Å². The van der Waals surface area contributed by atoms with E-state index in [2.05, 4.69) is 5.10 Å². The first-order valence-electron chi connectivity index (χ1n) is 7.06. The molecule has 22 heavy (non-hydrogen) atoms. The van der Waals surface area contributed by atoms with Crippen LogP contribution < -0.4 is 0 Å². The lowest BCUT2D eigenvalue weighted by Gasteiger charge is -2.12. The second kappa shape index (κ2) is 6.23. The molecule has 0 saturated heterocycles. The molecule has 1 heterocycles. The summed E-state index contributed by atoms with van der Waals surface area (Å²) in [5.74, 6) is -0.125. The molecule has 6 heteroatoms. The Morgan fingerprint density at radius 3 is 2.68 bits per heavy atom. The molecule has 0 N–H and O–H groups in total. The van der Waals surface area contributed by atoms with Gasteiger partial charge in [0.1, 0.15) is 5.78 Å². The van der Waals surface area contributed by atoms with E-state index in [0.29, 0.717) is 27.7 Å². The van der Waals surface area contributed by atoms with Gasteiger partial charge in [-0.3, -0.25) is 14.3 Å². The van der Waals surface area contributed by atoms with Gasteiger partial charge in [-0.2, -0.15) is 5.10 Å². The number of hydrogen-bond acceptors (Lipinski definition) is 3. The molecule has 1 saturated carbocycles. The zero-order valence-corrected chi connectivity index (χ0v) is 13.3. The van der Waals surface area contributed by atoms with E-state index in [4.69, 9.17) is 23.2 Å². The van der Waals surface area contributed by atoms with Crippen LogP contribution in [0.2, 0.25) is 10.0 Å². The Morgan fingerprint density at radius 1 is 1.27 bits per heavy atom. The van der Waals surface area contributed by atoms with Crippen molar-refractivity contribution in [1.82, 2.24) is 9.78 Å². The Morgan fingerprint density at radius 2 is 2.05 bits per heavy atom. The van der Waals surface area contributed by atoms with Gasteiger partial charge >= 0.3 is 0 Å². The molecular formula is C16H14Cl2N2O2. The second-order valence-corrected chi connectivity index (χ2v) is 6.22. The van der Waals surface area contributed by atoms with Crippen molar-refractivity contribution in [3.63, 3.8) is 0 Å². The number of hydrogen-bond donors (Lipinski definition) is 0. The monoisotopic (exact) mass is 336 g/mol. The maximum Gasteiger partial charge on any atom is 0.170 e. The average molecular weight is 337 g/mol. The lowest BCUT2D eigenvalue weighted by molar-refractivity contribution is -0.119. The topological polar surface area (TPSA) is 52.0 Å². The van der Waals surface area contributed by atoms with Crippen LogP contribution in [0.1, 0.15) is 35.2 Å². The number of nitrogens with zero attached hydrogens (tertiary/aromatic N) is 2. The Kier molecular flexibility index (Phi) is 4.32. The summed E-state index contributed by atoms with van der Waals surface area (Å²) in [7, 11) is 0. The van der Waals surface area contributed by atoms with Crippen LogP contribution in [0.3, 0.4) is 0 Å². The quantitative estimate of drug-likeness (QED) is 0.595. The van der Waals surface area contributed by atoms with Crippen molar-refractivity contribution in [3.8, 4) is 0 Å². The van der Waals surface area contributed by atoms with Crippen LogP contribution in [0.15, 0.2) is 30.6 Å². The summed E-state index contributed by atoms with van der Waals surface area (Å²) in [6.45, 7) is 0.338. The molecule has 1 aliphatic rings. The summed E-state index contributed by atoms with van der Waals surface area (Å²) in [4.78, 5) is 24.3. The summed E-state index contributed by atoms with van der Waals surface area (Å²) in [5, 5.41) is 4.84. The van der Waals surface area contributed by atoms with E-state index in [9.17, 15) is 9.59 Å². The van der Waals surface area contributed by atoms with E-state index in [1.54, 1.807) is 35.3 Å². The summed E-state index contributed by atoms with van der Waals surface area (Å²) >= 11 is 12.3. The maximum atomic E-state index is 12.4. The molecule has 1 aliphatic carbocycles. The van der Waals surface area contributed by atoms with Crippen molar-refractivity contribution in [1.29, 1.82) is 0 Å². The number of carbonyl (C=O) groups excluding carboxylic acids is 2. The summed E-state index contributed by atoms with van der Waals surface area (Å²) in [5.41, 5.74) is 1.05. The SMILES string of the molecule is O=C(CC(=O)C1CC1)c1ccc(Cl)c(Cl)c1Cn1cccn1. The Balaban J connectivity index is 1.90. The van der Waals surface area contributed by atoms with Crippen molar-refractivity contribution in [2.45, 2.75) is 25.8 Å². The molecule has 0 unspecified atom stereocenters. The Bertz CT molecular complexity index is 722. The fourth-order valence-corrected chi connectivity index (χ4v) is 2.77. The number of benzene rings is 1. The predicted molar refractivity (Wildman–Crippen MR) is 84.5 cm³/mol. The minimum atomic E-state index is -0.211. The lowest BCUT2D eigenvalue weighted by atomic mass is 9.98. The smallest absolute Gasteiger partial charge is 0.170 e. The zero-order chi connectivity index (χ0) is 15.7. The van der Waals surface area contributed by atoms with Gasteiger partial charge in [0.25, 0.3) is 0 Å². The van der Waals surface area contributed by atoms with E-state index < -0.39 is 0 Å². The summed E-state index contributed by atoms with van der Waals surface area (Å²) < 4.78 is 1.66. The van der Waals surface area contributed by atoms with Gasteiger partial charge in [-0.1, -0.05) is 23.2 Å². The van der Waals surface area contributed by atoms with Crippen molar-refractivity contribution in [3.05, 3.63) is 51.8 Å². The Labute approximate surface area is 138 Å². The van der Waals surface area contributed by atoms with Gasteiger partial charge in [0.2, 0.25) is 0 Å². The molecule has 0 atom stereocenters. The van der Waals surface area contributed by atoms with Crippen LogP contribution in [0.25, 0.3) is 0 Å². The van der Waals surface area contributed by atoms with Gasteiger partial charge in [-0.25, -0.2) is 0 Å². The number of Topliss-reactive ketones (excluding diaryl/α,β-unsaturated/α-hetero) is 2. The molecule has 1 aromatic carbocycles. The first-order chi connectivity index (χ1) is 10.6. The fraction of sp³-hybridized carbons (Fsp3) is 0.312. The minimum absolute atomic E-state index is 0.0149. The van der Waals surface area contributed by atoms with Crippen molar-refractivity contribution < 1.29 is 9.59 Å². The molecular weight excluding hydrogens is 323 g/mol. The minimum Gasteiger partial charge on any atom is -0.299 e. The van der Waals surface area contributed by atoms with E-state index in [1.165, 1.54) is 0 Å². The van der Waals surface area contributed by atoms with Crippen molar-refractivity contribution >= 4 is 34.8 Å². The molecule has 0 amide bonds. The standard InChI is InChI=1S/C16H14Cl2N2O2/c17-13-5-4-11(15(22)8-14(21)10-2-3-10)12(16(13)18)9-20-7-1-6-19-20/h1,4-7,10H,2-3,8-9H2. The van der Waals surface area contributed by atoms with Gasteiger partial charge in [0.05, 0.1) is 23.0 Å². The van der Waals surface area contributed by atoms with E-state index in [1.807, 2.05) is 0 Å². The summed E-state index contributed by atoms with van der Waals surface area (Å²) in [6.07, 6.45) is 5.15. The first kappa shape index (κ1) is 15.3. The van der Waals surface area contributed by atoms with Gasteiger partial charge in [-0.05, 0) is 31.0 Å². The highest BCUT2D eigenvalue weighted by molar-refractivity contribution is 6.42. The van der Waals surface area contributed by atoms with Crippen LogP contribution in [0.4, 0.5) is 0 Å². The first-order valence-corrected chi connectivity index (χ1v) is 7.82. The number of aromatic nitrogens is 2. The third-order valence-corrected chi connectivity index (χ3v) is 4.59. The number of carbonyl (C=O) groups is 2. The molecule has 0 aliphatic heterocycles. The van der Waals surface area contributed by atoms with Crippen LogP contribution in [0, 0.1) is 5.92 Å². The van der Waals surface area contributed by atoms with Gasteiger partial charge in [-0.15, -0.1) is 0 Å². The van der Waals surface area contributed by atoms with Crippen LogP contribution in [0.5, 0.6) is 0 Å². The average Bonchev–Trinajstić information content (AvgIpc) is 3.22. The lowest BCUT2D eigenvalue weighted by Crippen LogP contribution is -2.14. The predicted octanol–water partition coefficient (Wildman–Crippen LogP) is 3.79. The van der Waals surface area contributed by atoms with Crippen molar-refractivity contribution in [2.75, 3.05) is 0 Å².